The van der Waals surface area contributed by atoms with Crippen molar-refractivity contribution in [3.05, 3.63) is 88.0 Å². The number of non-ortho nitro benzene ring substituents is 1. The van der Waals surface area contributed by atoms with Crippen LogP contribution in [0.5, 0.6) is 0 Å². The minimum absolute atomic E-state index is 0.0751. The highest BCUT2D eigenvalue weighted by atomic mass is 32.2. The van der Waals surface area contributed by atoms with Crippen LogP contribution in [0.1, 0.15) is 11.1 Å². The summed E-state index contributed by atoms with van der Waals surface area (Å²) in [6.45, 7) is 3.79. The fourth-order valence-electron chi connectivity index (χ4n) is 2.64. The van der Waals surface area contributed by atoms with Gasteiger partial charge in [-0.05, 0) is 49.7 Å². The predicted molar refractivity (Wildman–Crippen MR) is 110 cm³/mol. The Morgan fingerprint density at radius 3 is 2.21 bits per heavy atom. The lowest BCUT2D eigenvalue weighted by Gasteiger charge is -2.15. The number of benzene rings is 3. The van der Waals surface area contributed by atoms with E-state index in [0.717, 1.165) is 16.8 Å². The van der Waals surface area contributed by atoms with E-state index in [1.54, 1.807) is 12.1 Å². The Kier molecular flexibility index (Phi) is 5.32. The molecule has 0 bridgehead atoms. The molecule has 0 aliphatic carbocycles. The van der Waals surface area contributed by atoms with Gasteiger partial charge in [0.1, 0.15) is 0 Å². The molecule has 0 unspecified atom stereocenters. The van der Waals surface area contributed by atoms with Crippen molar-refractivity contribution < 1.29 is 13.3 Å². The topological polar surface area (TPSA) is 101 Å². The summed E-state index contributed by atoms with van der Waals surface area (Å²) in [5.74, 6) is 0. The molecule has 0 aliphatic rings. The molecule has 0 amide bonds. The van der Waals surface area contributed by atoms with E-state index in [1.165, 1.54) is 30.3 Å². The molecule has 0 spiro atoms. The average molecular weight is 397 g/mol. The maximum Gasteiger partial charge on any atom is 0.271 e. The number of sulfonamides is 1. The average Bonchev–Trinajstić information content (AvgIpc) is 2.63. The van der Waals surface area contributed by atoms with Gasteiger partial charge in [-0.25, -0.2) is 8.42 Å². The Labute approximate surface area is 163 Å². The molecule has 28 heavy (non-hydrogen) atoms. The maximum atomic E-state index is 12.7. The van der Waals surface area contributed by atoms with Crippen LogP contribution in [0.15, 0.2) is 71.6 Å². The van der Waals surface area contributed by atoms with Gasteiger partial charge in [0, 0.05) is 17.8 Å². The number of nitro benzene ring substituents is 1. The van der Waals surface area contributed by atoms with Gasteiger partial charge in [0.2, 0.25) is 0 Å². The molecule has 0 atom stereocenters. The first kappa shape index (κ1) is 19.4. The Morgan fingerprint density at radius 1 is 0.857 bits per heavy atom. The van der Waals surface area contributed by atoms with Crippen molar-refractivity contribution in [1.29, 1.82) is 0 Å². The molecule has 144 valence electrons. The number of nitrogens with one attached hydrogen (secondary N) is 2. The second-order valence-electron chi connectivity index (χ2n) is 6.40. The van der Waals surface area contributed by atoms with Gasteiger partial charge in [0.15, 0.2) is 0 Å². The van der Waals surface area contributed by atoms with Gasteiger partial charge in [0.05, 0.1) is 21.2 Å². The standard InChI is InChI=1S/C20H19N3O4S/c1-14-6-9-18(10-7-14)28(26,27)22-20-13-17(23(24)25)8-11-19(20)21-16-5-3-4-15(2)12-16/h3-13,21-22H,1-2H3. The van der Waals surface area contributed by atoms with E-state index in [-0.39, 0.29) is 16.3 Å². The van der Waals surface area contributed by atoms with Crippen molar-refractivity contribution in [3.63, 3.8) is 0 Å². The second-order valence-corrected chi connectivity index (χ2v) is 8.08. The zero-order chi connectivity index (χ0) is 20.3. The fourth-order valence-corrected chi connectivity index (χ4v) is 3.71. The minimum atomic E-state index is -3.91. The van der Waals surface area contributed by atoms with E-state index < -0.39 is 14.9 Å². The highest BCUT2D eigenvalue weighted by Gasteiger charge is 2.19. The summed E-state index contributed by atoms with van der Waals surface area (Å²) in [4.78, 5) is 10.7. The molecule has 3 rings (SSSR count). The monoisotopic (exact) mass is 397 g/mol. The predicted octanol–water partition coefficient (Wildman–Crippen LogP) is 4.76. The van der Waals surface area contributed by atoms with E-state index >= 15 is 0 Å². The van der Waals surface area contributed by atoms with Crippen LogP contribution in [0.3, 0.4) is 0 Å². The first-order valence-corrected chi connectivity index (χ1v) is 9.94. The lowest BCUT2D eigenvalue weighted by molar-refractivity contribution is -0.384. The van der Waals surface area contributed by atoms with Gasteiger partial charge in [-0.3, -0.25) is 14.8 Å². The third kappa shape index (κ3) is 4.47. The maximum absolute atomic E-state index is 12.7. The quantitative estimate of drug-likeness (QED) is 0.461. The summed E-state index contributed by atoms with van der Waals surface area (Å²) in [6, 6.07) is 17.9. The van der Waals surface area contributed by atoms with E-state index in [9.17, 15) is 18.5 Å². The molecule has 0 heterocycles. The van der Waals surface area contributed by atoms with Crippen molar-refractivity contribution in [2.75, 3.05) is 10.0 Å². The first-order valence-electron chi connectivity index (χ1n) is 8.46. The van der Waals surface area contributed by atoms with Crippen LogP contribution in [0.2, 0.25) is 0 Å². The molecule has 0 fully saturated rings. The van der Waals surface area contributed by atoms with Gasteiger partial charge < -0.3 is 5.32 Å². The summed E-state index contributed by atoms with van der Waals surface area (Å²) in [7, 11) is -3.91. The van der Waals surface area contributed by atoms with E-state index in [4.69, 9.17) is 0 Å². The van der Waals surface area contributed by atoms with Crippen molar-refractivity contribution in [2.45, 2.75) is 18.7 Å². The minimum Gasteiger partial charge on any atom is -0.354 e. The SMILES string of the molecule is Cc1ccc(S(=O)(=O)Nc2cc([N+](=O)[O-])ccc2Nc2cccc(C)c2)cc1. The third-order valence-corrected chi connectivity index (χ3v) is 5.47. The summed E-state index contributed by atoms with van der Waals surface area (Å²) >= 11 is 0. The van der Waals surface area contributed by atoms with Crippen molar-refractivity contribution >= 4 is 32.8 Å². The number of hydrogen-bond acceptors (Lipinski definition) is 5. The molecule has 3 aromatic carbocycles. The Morgan fingerprint density at radius 2 is 1.57 bits per heavy atom. The number of nitro groups is 1. The Hall–Kier alpha value is -3.39. The zero-order valence-corrected chi connectivity index (χ0v) is 16.2. The van der Waals surface area contributed by atoms with Gasteiger partial charge in [-0.2, -0.15) is 0 Å². The first-order chi connectivity index (χ1) is 13.2. The van der Waals surface area contributed by atoms with Crippen molar-refractivity contribution in [1.82, 2.24) is 0 Å². The van der Waals surface area contributed by atoms with Crippen LogP contribution in [-0.2, 0) is 10.0 Å². The summed E-state index contributed by atoms with van der Waals surface area (Å²) in [6.07, 6.45) is 0. The van der Waals surface area contributed by atoms with Crippen LogP contribution >= 0.6 is 0 Å². The molecule has 7 nitrogen and oxygen atoms in total. The Bertz CT molecular complexity index is 1130. The summed E-state index contributed by atoms with van der Waals surface area (Å²) < 4.78 is 27.9. The second kappa shape index (κ2) is 7.69. The number of nitrogens with zero attached hydrogens (tertiary/aromatic N) is 1. The molecule has 0 saturated carbocycles. The third-order valence-electron chi connectivity index (χ3n) is 4.09. The molecule has 8 heteroatoms. The summed E-state index contributed by atoms with van der Waals surface area (Å²) in [5.41, 5.74) is 2.98. The van der Waals surface area contributed by atoms with Gasteiger partial charge in [0.25, 0.3) is 15.7 Å². The van der Waals surface area contributed by atoms with Crippen LogP contribution in [0, 0.1) is 24.0 Å². The zero-order valence-electron chi connectivity index (χ0n) is 15.3. The highest BCUT2D eigenvalue weighted by Crippen LogP contribution is 2.31. The number of aryl methyl sites for hydroxylation is 2. The molecular formula is C20H19N3O4S. The van der Waals surface area contributed by atoms with Crippen molar-refractivity contribution in [2.24, 2.45) is 0 Å². The molecule has 0 saturated heterocycles. The molecule has 0 radical (unpaired) electrons. The highest BCUT2D eigenvalue weighted by molar-refractivity contribution is 7.92. The van der Waals surface area contributed by atoms with E-state index in [1.807, 2.05) is 38.1 Å². The van der Waals surface area contributed by atoms with Crippen LogP contribution < -0.4 is 10.0 Å². The molecule has 2 N–H and O–H groups in total. The Balaban J connectivity index is 2.00. The van der Waals surface area contributed by atoms with Gasteiger partial charge >= 0.3 is 0 Å². The van der Waals surface area contributed by atoms with Crippen molar-refractivity contribution in [3.8, 4) is 0 Å². The number of anilines is 3. The van der Waals surface area contributed by atoms with Gasteiger partial charge in [-0.1, -0.05) is 29.8 Å². The number of hydrogen-bond donors (Lipinski definition) is 2. The molecule has 0 aromatic heterocycles. The molecule has 3 aromatic rings. The summed E-state index contributed by atoms with van der Waals surface area (Å²) in [5, 5.41) is 14.3. The molecule has 0 aliphatic heterocycles. The smallest absolute Gasteiger partial charge is 0.271 e. The normalized spacial score (nSPS) is 11.1. The van der Waals surface area contributed by atoms with Gasteiger partial charge in [-0.15, -0.1) is 0 Å². The lowest BCUT2D eigenvalue weighted by atomic mass is 10.2. The fraction of sp³-hybridized carbons (Fsp3) is 0.100. The number of rotatable bonds is 6. The van der Waals surface area contributed by atoms with Crippen LogP contribution in [-0.4, -0.2) is 13.3 Å². The van der Waals surface area contributed by atoms with Crippen LogP contribution in [0.25, 0.3) is 0 Å². The lowest BCUT2D eigenvalue weighted by Crippen LogP contribution is -2.14. The molecular weight excluding hydrogens is 378 g/mol. The van der Waals surface area contributed by atoms with Crippen LogP contribution in [0.4, 0.5) is 22.7 Å². The van der Waals surface area contributed by atoms with E-state index in [0.29, 0.717) is 5.69 Å². The van der Waals surface area contributed by atoms with E-state index in [2.05, 4.69) is 10.0 Å². The largest absolute Gasteiger partial charge is 0.354 e.